The van der Waals surface area contributed by atoms with Crippen molar-refractivity contribution < 1.29 is 41.9 Å². The zero-order chi connectivity index (χ0) is 33.0. The number of amides is 5. The van der Waals surface area contributed by atoms with Gasteiger partial charge in [0, 0.05) is 19.0 Å². The summed E-state index contributed by atoms with van der Waals surface area (Å²) in [5.41, 5.74) is 2.05. The van der Waals surface area contributed by atoms with E-state index in [1.54, 1.807) is 27.7 Å². The number of alkyl halides is 3. The molecule has 0 saturated carbocycles. The maximum atomic E-state index is 13.3. The highest BCUT2D eigenvalue weighted by molar-refractivity contribution is 5.93. The molecule has 0 fully saturated rings. The Bertz CT molecular complexity index is 1200. The fourth-order valence-electron chi connectivity index (χ4n) is 4.50. The lowest BCUT2D eigenvalue weighted by atomic mass is 10.0. The van der Waals surface area contributed by atoms with Gasteiger partial charge in [-0.15, -0.1) is 0 Å². The molecule has 4 N–H and O–H groups in total. The quantitative estimate of drug-likeness (QED) is 0.310. The molecular formula is C30H42F3N5O6. The largest absolute Gasteiger partial charge is 0.467 e. The molecule has 0 unspecified atom stereocenters. The van der Waals surface area contributed by atoms with Crippen molar-refractivity contribution in [1.29, 1.82) is 0 Å². The van der Waals surface area contributed by atoms with Crippen LogP contribution in [0.1, 0.15) is 64.5 Å². The van der Waals surface area contributed by atoms with Gasteiger partial charge in [-0.2, -0.15) is 13.2 Å². The van der Waals surface area contributed by atoms with Crippen molar-refractivity contribution in [2.75, 3.05) is 13.7 Å². The van der Waals surface area contributed by atoms with E-state index in [2.05, 4.69) is 21.4 Å². The monoisotopic (exact) mass is 625 g/mol. The Balaban J connectivity index is 2.20. The number of nitrogens with zero attached hydrogens (tertiary/aromatic N) is 1. The molecule has 1 aliphatic rings. The smallest absolute Gasteiger partial charge is 0.416 e. The molecule has 1 aromatic carbocycles. The van der Waals surface area contributed by atoms with Gasteiger partial charge in [0.25, 0.3) is 11.8 Å². The Hall–Kier alpha value is -4.10. The van der Waals surface area contributed by atoms with Crippen LogP contribution in [0, 0.1) is 11.8 Å². The van der Waals surface area contributed by atoms with Gasteiger partial charge in [-0.1, -0.05) is 58.4 Å². The lowest BCUT2D eigenvalue weighted by Crippen LogP contribution is -2.59. The summed E-state index contributed by atoms with van der Waals surface area (Å²) in [4.78, 5) is 63.6. The summed E-state index contributed by atoms with van der Waals surface area (Å²) in [6, 6.07) is 1.15. The van der Waals surface area contributed by atoms with Gasteiger partial charge in [-0.3, -0.25) is 24.8 Å². The van der Waals surface area contributed by atoms with Crippen LogP contribution in [-0.4, -0.2) is 66.5 Å². The summed E-state index contributed by atoms with van der Waals surface area (Å²) >= 11 is 0. The fraction of sp³-hybridized carbons (Fsp3) is 0.567. The van der Waals surface area contributed by atoms with E-state index < -0.39 is 59.6 Å². The molecule has 0 aromatic heterocycles. The standard InChI is InChI=1S/C30H42F3N5O6/c1-18(2)25(35-29(43)36-26(19(3)4)28(42)44-5)27(41)37-38-15-8-6-7-12-23(39)34-22(13-14-24(38)40)17-20-10-9-11-21(16-20)30(31,32)33/h9-11,13-14,16,18-19,22,25-26H,6-8,12,15,17H2,1-5H3,(H,34,39)(H,37,41)(H2,35,36,43)/b14-13+/t22-,25+,26+/m1/s1. The fourth-order valence-corrected chi connectivity index (χ4v) is 4.50. The first kappa shape index (κ1) is 36.1. The molecule has 3 atom stereocenters. The minimum atomic E-state index is -4.53. The average Bonchev–Trinajstić information content (AvgIpc) is 2.94. The maximum absolute atomic E-state index is 13.3. The molecule has 5 amide bonds. The molecule has 0 radical (unpaired) electrons. The predicted octanol–water partition coefficient (Wildman–Crippen LogP) is 3.24. The molecule has 1 aliphatic heterocycles. The van der Waals surface area contributed by atoms with E-state index in [1.165, 1.54) is 25.3 Å². The van der Waals surface area contributed by atoms with Gasteiger partial charge in [0.1, 0.15) is 12.1 Å². The number of esters is 1. The van der Waals surface area contributed by atoms with Gasteiger partial charge in [0.2, 0.25) is 5.91 Å². The predicted molar refractivity (Wildman–Crippen MR) is 155 cm³/mol. The average molecular weight is 626 g/mol. The van der Waals surface area contributed by atoms with Crippen molar-refractivity contribution in [3.8, 4) is 0 Å². The topological polar surface area (TPSA) is 146 Å². The molecule has 1 heterocycles. The number of hydrogen-bond donors (Lipinski definition) is 4. The Kier molecular flexibility index (Phi) is 13.7. The number of halogens is 3. The molecule has 1 aromatic rings. The summed E-state index contributed by atoms with van der Waals surface area (Å²) in [7, 11) is 1.20. The van der Waals surface area contributed by atoms with Crippen LogP contribution in [0.4, 0.5) is 18.0 Å². The minimum Gasteiger partial charge on any atom is -0.467 e. The lowest BCUT2D eigenvalue weighted by molar-refractivity contribution is -0.144. The zero-order valence-electron chi connectivity index (χ0n) is 25.6. The van der Waals surface area contributed by atoms with Crippen LogP contribution in [0.2, 0.25) is 0 Å². The number of urea groups is 1. The highest BCUT2D eigenvalue weighted by Gasteiger charge is 2.31. The van der Waals surface area contributed by atoms with Gasteiger partial charge in [0.15, 0.2) is 0 Å². The minimum absolute atomic E-state index is 0.00317. The van der Waals surface area contributed by atoms with Gasteiger partial charge in [0.05, 0.1) is 18.7 Å². The third-order valence-corrected chi connectivity index (χ3v) is 6.97. The molecule has 2 rings (SSSR count). The first-order chi connectivity index (χ1) is 20.6. The van der Waals surface area contributed by atoms with Crippen molar-refractivity contribution in [3.05, 3.63) is 47.5 Å². The number of rotatable bonds is 9. The van der Waals surface area contributed by atoms with E-state index in [0.29, 0.717) is 24.8 Å². The number of ether oxygens (including phenoxy) is 1. The summed E-state index contributed by atoms with van der Waals surface area (Å²) in [6.45, 7) is 6.96. The Morgan fingerprint density at radius 1 is 1.02 bits per heavy atom. The van der Waals surface area contributed by atoms with Crippen LogP contribution in [0.5, 0.6) is 0 Å². The number of carbonyl (C=O) groups is 5. The van der Waals surface area contributed by atoms with Gasteiger partial charge in [-0.05, 0) is 42.7 Å². The number of carbonyl (C=O) groups excluding carboxylic acids is 5. The van der Waals surface area contributed by atoms with Crippen LogP contribution >= 0.6 is 0 Å². The second-order valence-electron chi connectivity index (χ2n) is 11.3. The van der Waals surface area contributed by atoms with Crippen molar-refractivity contribution >= 4 is 29.7 Å². The lowest BCUT2D eigenvalue weighted by Gasteiger charge is -2.28. The Morgan fingerprint density at radius 3 is 2.30 bits per heavy atom. The summed E-state index contributed by atoms with van der Waals surface area (Å²) < 4.78 is 44.3. The Morgan fingerprint density at radius 2 is 1.68 bits per heavy atom. The summed E-state index contributed by atoms with van der Waals surface area (Å²) in [5.74, 6) is -2.91. The van der Waals surface area contributed by atoms with Crippen molar-refractivity contribution in [2.45, 2.75) is 84.1 Å². The SMILES string of the molecule is COC(=O)[C@@H](NC(=O)N[C@H](C(=O)NN1CCCCCC(=O)N[C@@H](Cc2cccc(C(F)(F)F)c2)/C=C/C1=O)C(C)C)C(C)C. The third kappa shape index (κ3) is 11.5. The van der Waals surface area contributed by atoms with Crippen LogP contribution in [0.15, 0.2) is 36.4 Å². The molecule has 0 aliphatic carbocycles. The highest BCUT2D eigenvalue weighted by atomic mass is 19.4. The number of benzene rings is 1. The molecule has 0 saturated heterocycles. The van der Waals surface area contributed by atoms with Crippen LogP contribution < -0.4 is 21.4 Å². The Labute approximate surface area is 255 Å². The van der Waals surface area contributed by atoms with Crippen LogP contribution in [-0.2, 0) is 36.5 Å². The maximum Gasteiger partial charge on any atom is 0.416 e. The molecule has 0 bridgehead atoms. The van der Waals surface area contributed by atoms with Gasteiger partial charge < -0.3 is 20.7 Å². The van der Waals surface area contributed by atoms with E-state index >= 15 is 0 Å². The summed E-state index contributed by atoms with van der Waals surface area (Å²) in [6.07, 6.45) is -0.287. The van der Waals surface area contributed by atoms with E-state index in [4.69, 9.17) is 4.74 Å². The van der Waals surface area contributed by atoms with E-state index in [0.717, 1.165) is 23.2 Å². The van der Waals surface area contributed by atoms with Crippen molar-refractivity contribution in [2.24, 2.45) is 11.8 Å². The third-order valence-electron chi connectivity index (χ3n) is 6.97. The van der Waals surface area contributed by atoms with Crippen molar-refractivity contribution in [3.63, 3.8) is 0 Å². The van der Waals surface area contributed by atoms with E-state index in [9.17, 15) is 37.1 Å². The summed E-state index contributed by atoms with van der Waals surface area (Å²) in [5, 5.41) is 8.92. The second kappa shape index (κ2) is 16.7. The van der Waals surface area contributed by atoms with Gasteiger partial charge >= 0.3 is 18.2 Å². The zero-order valence-corrected chi connectivity index (χ0v) is 25.6. The van der Waals surface area contributed by atoms with Crippen LogP contribution in [0.3, 0.4) is 0 Å². The first-order valence-corrected chi connectivity index (χ1v) is 14.5. The van der Waals surface area contributed by atoms with E-state index in [-0.39, 0.29) is 31.2 Å². The molecule has 0 spiro atoms. The number of hydrogen-bond acceptors (Lipinski definition) is 6. The molecular weight excluding hydrogens is 583 g/mol. The van der Waals surface area contributed by atoms with Crippen LogP contribution in [0.25, 0.3) is 0 Å². The molecule has 244 valence electrons. The van der Waals surface area contributed by atoms with Crippen molar-refractivity contribution in [1.82, 2.24) is 26.4 Å². The highest BCUT2D eigenvalue weighted by Crippen LogP contribution is 2.29. The number of nitrogens with one attached hydrogen (secondary N) is 4. The molecule has 14 heteroatoms. The normalized spacial score (nSPS) is 18.8. The van der Waals surface area contributed by atoms with Gasteiger partial charge in [-0.25, -0.2) is 9.59 Å². The van der Waals surface area contributed by atoms with E-state index in [1.807, 2.05) is 0 Å². The first-order valence-electron chi connectivity index (χ1n) is 14.5. The second-order valence-corrected chi connectivity index (χ2v) is 11.3. The molecule has 44 heavy (non-hydrogen) atoms. The number of methoxy groups -OCH3 is 1. The number of hydrazine groups is 1. The molecule has 11 nitrogen and oxygen atoms in total.